The number of nitrogens with zero attached hydrogens (tertiary/aromatic N) is 3. The quantitative estimate of drug-likeness (QED) is 0.871. The van der Waals surface area contributed by atoms with Crippen LogP contribution in [-0.4, -0.2) is 21.2 Å². The van der Waals surface area contributed by atoms with E-state index < -0.39 is 0 Å². The van der Waals surface area contributed by atoms with Crippen LogP contribution in [0, 0.1) is 6.92 Å². The first kappa shape index (κ1) is 11.7. The molecule has 0 saturated carbocycles. The number of nitrogens with one attached hydrogen (secondary N) is 1. The first-order valence-corrected chi connectivity index (χ1v) is 5.64. The van der Waals surface area contributed by atoms with E-state index in [1.165, 1.54) is 0 Å². The minimum Gasteiger partial charge on any atom is -0.340 e. The van der Waals surface area contributed by atoms with Crippen molar-refractivity contribution in [2.45, 2.75) is 32.9 Å². The highest BCUT2D eigenvalue weighted by Gasteiger charge is 2.21. The van der Waals surface area contributed by atoms with Crippen LogP contribution in [0.1, 0.15) is 37.3 Å². The van der Waals surface area contributed by atoms with Gasteiger partial charge in [0, 0.05) is 19.2 Å². The molecule has 0 saturated heterocycles. The molecule has 0 aliphatic heterocycles. The van der Waals surface area contributed by atoms with Crippen LogP contribution in [0.25, 0.3) is 0 Å². The maximum absolute atomic E-state index is 5.02. The highest BCUT2D eigenvalue weighted by Crippen LogP contribution is 2.17. The Kier molecular flexibility index (Phi) is 3.49. The van der Waals surface area contributed by atoms with Gasteiger partial charge in [0.15, 0.2) is 5.82 Å². The third-order valence-electron chi connectivity index (χ3n) is 2.29. The third kappa shape index (κ3) is 2.88. The van der Waals surface area contributed by atoms with E-state index in [9.17, 15) is 0 Å². The van der Waals surface area contributed by atoms with Crippen molar-refractivity contribution in [2.24, 2.45) is 0 Å². The van der Waals surface area contributed by atoms with Crippen molar-refractivity contribution >= 4 is 0 Å². The standard InChI is InChI=1S/C12H16N4O/c1-8(2)14-11(10-6-4-5-7-13-10)12-15-9(3)17-16-12/h4-8,11,14H,1-3H3. The van der Waals surface area contributed by atoms with Gasteiger partial charge in [-0.05, 0) is 26.0 Å². The van der Waals surface area contributed by atoms with Gasteiger partial charge in [-0.15, -0.1) is 0 Å². The molecule has 0 radical (unpaired) electrons. The summed E-state index contributed by atoms with van der Waals surface area (Å²) in [5.74, 6) is 1.18. The second-order valence-electron chi connectivity index (χ2n) is 4.18. The Morgan fingerprint density at radius 1 is 1.29 bits per heavy atom. The predicted molar refractivity (Wildman–Crippen MR) is 63.4 cm³/mol. The van der Waals surface area contributed by atoms with Gasteiger partial charge in [0.2, 0.25) is 5.89 Å². The zero-order chi connectivity index (χ0) is 12.3. The summed E-state index contributed by atoms with van der Waals surface area (Å²) < 4.78 is 5.02. The van der Waals surface area contributed by atoms with Crippen LogP contribution in [0.3, 0.4) is 0 Å². The minimum absolute atomic E-state index is 0.131. The van der Waals surface area contributed by atoms with E-state index in [1.807, 2.05) is 18.2 Å². The van der Waals surface area contributed by atoms with Crippen molar-refractivity contribution in [3.05, 3.63) is 41.8 Å². The lowest BCUT2D eigenvalue weighted by atomic mass is 10.1. The van der Waals surface area contributed by atoms with Gasteiger partial charge in [0.1, 0.15) is 6.04 Å². The van der Waals surface area contributed by atoms with Crippen molar-refractivity contribution in [3.63, 3.8) is 0 Å². The number of hydrogen-bond acceptors (Lipinski definition) is 5. The normalized spacial score (nSPS) is 12.9. The maximum atomic E-state index is 5.02. The fourth-order valence-electron chi connectivity index (χ4n) is 1.60. The molecule has 2 aromatic rings. The van der Waals surface area contributed by atoms with Crippen LogP contribution in [0.4, 0.5) is 0 Å². The molecule has 0 aromatic carbocycles. The molecule has 0 bridgehead atoms. The lowest BCUT2D eigenvalue weighted by Crippen LogP contribution is -2.30. The van der Waals surface area contributed by atoms with Crippen LogP contribution < -0.4 is 5.32 Å². The molecule has 5 heteroatoms. The van der Waals surface area contributed by atoms with Crippen LogP contribution >= 0.6 is 0 Å². The summed E-state index contributed by atoms with van der Waals surface area (Å²) in [6.07, 6.45) is 1.76. The molecular weight excluding hydrogens is 216 g/mol. The zero-order valence-corrected chi connectivity index (χ0v) is 10.2. The van der Waals surface area contributed by atoms with Gasteiger partial charge >= 0.3 is 0 Å². The van der Waals surface area contributed by atoms with Crippen LogP contribution in [0.5, 0.6) is 0 Å². The van der Waals surface area contributed by atoms with Gasteiger partial charge in [0.25, 0.3) is 0 Å². The lowest BCUT2D eigenvalue weighted by Gasteiger charge is -2.17. The number of hydrogen-bond donors (Lipinski definition) is 1. The minimum atomic E-state index is -0.131. The van der Waals surface area contributed by atoms with E-state index in [1.54, 1.807) is 13.1 Å². The Balaban J connectivity index is 2.32. The van der Waals surface area contributed by atoms with E-state index >= 15 is 0 Å². The first-order chi connectivity index (χ1) is 8.16. The first-order valence-electron chi connectivity index (χ1n) is 5.64. The lowest BCUT2D eigenvalue weighted by molar-refractivity contribution is 0.378. The average Bonchev–Trinajstić information content (AvgIpc) is 2.73. The van der Waals surface area contributed by atoms with Crippen molar-refractivity contribution < 1.29 is 4.52 Å². The molecule has 90 valence electrons. The molecule has 5 nitrogen and oxygen atoms in total. The summed E-state index contributed by atoms with van der Waals surface area (Å²) in [6.45, 7) is 5.92. The largest absolute Gasteiger partial charge is 0.340 e. The van der Waals surface area contributed by atoms with Crippen molar-refractivity contribution in [1.82, 2.24) is 20.4 Å². The Hall–Kier alpha value is -1.75. The van der Waals surface area contributed by atoms with Crippen molar-refractivity contribution in [3.8, 4) is 0 Å². The summed E-state index contributed by atoms with van der Waals surface area (Å²) in [4.78, 5) is 8.59. The monoisotopic (exact) mass is 232 g/mol. The summed E-state index contributed by atoms with van der Waals surface area (Å²) in [6, 6.07) is 5.96. The Morgan fingerprint density at radius 3 is 2.65 bits per heavy atom. The third-order valence-corrected chi connectivity index (χ3v) is 2.29. The number of rotatable bonds is 4. The molecule has 17 heavy (non-hydrogen) atoms. The zero-order valence-electron chi connectivity index (χ0n) is 10.2. The van der Waals surface area contributed by atoms with Crippen LogP contribution in [-0.2, 0) is 0 Å². The molecule has 2 rings (SSSR count). The summed E-state index contributed by atoms with van der Waals surface area (Å²) in [5.41, 5.74) is 0.891. The van der Waals surface area contributed by atoms with E-state index in [0.29, 0.717) is 17.8 Å². The predicted octanol–water partition coefficient (Wildman–Crippen LogP) is 1.86. The van der Waals surface area contributed by atoms with E-state index in [2.05, 4.69) is 34.3 Å². The second kappa shape index (κ2) is 5.05. The summed E-state index contributed by atoms with van der Waals surface area (Å²) in [7, 11) is 0. The van der Waals surface area contributed by atoms with E-state index in [-0.39, 0.29) is 6.04 Å². The van der Waals surface area contributed by atoms with Crippen molar-refractivity contribution in [1.29, 1.82) is 0 Å². The van der Waals surface area contributed by atoms with Crippen LogP contribution in [0.15, 0.2) is 28.9 Å². The van der Waals surface area contributed by atoms with Gasteiger partial charge in [0.05, 0.1) is 5.69 Å². The number of pyridine rings is 1. The number of aryl methyl sites for hydroxylation is 1. The van der Waals surface area contributed by atoms with Crippen LogP contribution in [0.2, 0.25) is 0 Å². The van der Waals surface area contributed by atoms with Gasteiger partial charge < -0.3 is 4.52 Å². The van der Waals surface area contributed by atoms with Gasteiger partial charge in [-0.3, -0.25) is 10.3 Å². The van der Waals surface area contributed by atoms with Crippen molar-refractivity contribution in [2.75, 3.05) is 0 Å². The maximum Gasteiger partial charge on any atom is 0.223 e. The molecule has 1 atom stereocenters. The molecule has 2 aromatic heterocycles. The smallest absolute Gasteiger partial charge is 0.223 e. The Morgan fingerprint density at radius 2 is 2.12 bits per heavy atom. The molecule has 0 fully saturated rings. The fourth-order valence-corrected chi connectivity index (χ4v) is 1.60. The molecule has 0 amide bonds. The molecule has 0 spiro atoms. The van der Waals surface area contributed by atoms with Gasteiger partial charge in [-0.1, -0.05) is 11.2 Å². The molecular formula is C12H16N4O. The molecule has 0 aliphatic carbocycles. The van der Waals surface area contributed by atoms with E-state index in [0.717, 1.165) is 5.69 Å². The summed E-state index contributed by atoms with van der Waals surface area (Å²) in [5, 5.41) is 7.34. The summed E-state index contributed by atoms with van der Waals surface area (Å²) >= 11 is 0. The molecule has 1 N–H and O–H groups in total. The highest BCUT2D eigenvalue weighted by molar-refractivity contribution is 5.16. The average molecular weight is 232 g/mol. The van der Waals surface area contributed by atoms with E-state index in [4.69, 9.17) is 4.52 Å². The number of aromatic nitrogens is 3. The second-order valence-corrected chi connectivity index (χ2v) is 4.18. The Labute approximate surface area is 100 Å². The highest BCUT2D eigenvalue weighted by atomic mass is 16.5. The Bertz CT molecular complexity index is 466. The molecule has 2 heterocycles. The molecule has 1 unspecified atom stereocenters. The molecule has 0 aliphatic rings. The fraction of sp³-hybridized carbons (Fsp3) is 0.417. The topological polar surface area (TPSA) is 63.8 Å². The van der Waals surface area contributed by atoms with Gasteiger partial charge in [-0.2, -0.15) is 4.98 Å². The SMILES string of the molecule is Cc1nc(C(NC(C)C)c2ccccn2)no1. The van der Waals surface area contributed by atoms with Gasteiger partial charge in [-0.25, -0.2) is 0 Å².